The lowest BCUT2D eigenvalue weighted by molar-refractivity contribution is 0.190. The van der Waals surface area contributed by atoms with Gasteiger partial charge in [0.2, 0.25) is 0 Å². The molecule has 1 N–H and O–H groups in total. The molecule has 18 heavy (non-hydrogen) atoms. The van der Waals surface area contributed by atoms with Crippen LogP contribution in [0.25, 0.3) is 0 Å². The quantitative estimate of drug-likeness (QED) is 0.918. The number of amidine groups is 1. The van der Waals surface area contributed by atoms with E-state index in [9.17, 15) is 0 Å². The van der Waals surface area contributed by atoms with Crippen LogP contribution in [0.15, 0.2) is 23.2 Å². The standard InChI is InChI=1S/C13H17ClN2OS/c1-9-11(14)4-3-5-12(9)16-13-15-10(8-18-13)6-7-17-2/h3-5,10H,6-8H2,1-2H3,(H,15,16). The van der Waals surface area contributed by atoms with Crippen LogP contribution in [0.4, 0.5) is 5.69 Å². The minimum Gasteiger partial charge on any atom is -0.385 e. The number of aliphatic imine (C=N–C) groups is 1. The van der Waals surface area contributed by atoms with Crippen molar-refractivity contribution >= 4 is 34.2 Å². The van der Waals surface area contributed by atoms with Gasteiger partial charge in [0, 0.05) is 30.2 Å². The van der Waals surface area contributed by atoms with Gasteiger partial charge in [-0.25, -0.2) is 0 Å². The molecule has 1 atom stereocenters. The van der Waals surface area contributed by atoms with E-state index in [2.05, 4.69) is 10.3 Å². The smallest absolute Gasteiger partial charge is 0.161 e. The third kappa shape index (κ3) is 3.40. The molecule has 2 rings (SSSR count). The fourth-order valence-electron chi connectivity index (χ4n) is 1.74. The summed E-state index contributed by atoms with van der Waals surface area (Å²) >= 11 is 7.84. The summed E-state index contributed by atoms with van der Waals surface area (Å²) in [6, 6.07) is 6.22. The van der Waals surface area contributed by atoms with Gasteiger partial charge in [-0.05, 0) is 31.0 Å². The molecule has 1 heterocycles. The summed E-state index contributed by atoms with van der Waals surface area (Å²) in [5.41, 5.74) is 2.09. The zero-order chi connectivity index (χ0) is 13.0. The van der Waals surface area contributed by atoms with Gasteiger partial charge in [0.15, 0.2) is 5.17 Å². The number of nitrogens with zero attached hydrogens (tertiary/aromatic N) is 1. The molecule has 1 unspecified atom stereocenters. The molecule has 0 saturated heterocycles. The maximum absolute atomic E-state index is 6.09. The van der Waals surface area contributed by atoms with Crippen LogP contribution in [-0.4, -0.2) is 30.7 Å². The van der Waals surface area contributed by atoms with E-state index < -0.39 is 0 Å². The van der Waals surface area contributed by atoms with Crippen molar-refractivity contribution in [2.75, 3.05) is 24.8 Å². The Hall–Kier alpha value is -0.710. The largest absolute Gasteiger partial charge is 0.385 e. The summed E-state index contributed by atoms with van der Waals surface area (Å²) in [6.07, 6.45) is 0.975. The summed E-state index contributed by atoms with van der Waals surface area (Å²) in [5.74, 6) is 1.02. The molecule has 1 aliphatic heterocycles. The van der Waals surface area contributed by atoms with Crippen LogP contribution >= 0.6 is 23.4 Å². The lowest BCUT2D eigenvalue weighted by atomic mass is 10.2. The third-order valence-corrected chi connectivity index (χ3v) is 4.32. The monoisotopic (exact) mass is 284 g/mol. The van der Waals surface area contributed by atoms with Gasteiger partial charge in [0.25, 0.3) is 0 Å². The van der Waals surface area contributed by atoms with E-state index in [1.54, 1.807) is 18.9 Å². The van der Waals surface area contributed by atoms with Crippen molar-refractivity contribution in [3.05, 3.63) is 28.8 Å². The van der Waals surface area contributed by atoms with E-state index in [1.807, 2.05) is 25.1 Å². The minimum absolute atomic E-state index is 0.358. The van der Waals surface area contributed by atoms with Crippen molar-refractivity contribution in [3.8, 4) is 0 Å². The number of ether oxygens (including phenoxy) is 1. The molecule has 0 bridgehead atoms. The number of anilines is 1. The van der Waals surface area contributed by atoms with Crippen molar-refractivity contribution in [2.45, 2.75) is 19.4 Å². The number of rotatable bonds is 4. The summed E-state index contributed by atoms with van der Waals surface area (Å²) in [6.45, 7) is 2.77. The second-order valence-corrected chi connectivity index (χ2v) is 5.63. The Morgan fingerprint density at radius 3 is 3.17 bits per heavy atom. The van der Waals surface area contributed by atoms with Crippen molar-refractivity contribution in [1.29, 1.82) is 0 Å². The molecule has 0 spiro atoms. The molecular formula is C13H17ClN2OS. The molecule has 1 aliphatic rings. The molecule has 1 aromatic carbocycles. The van der Waals surface area contributed by atoms with Crippen molar-refractivity contribution in [3.63, 3.8) is 0 Å². The second-order valence-electron chi connectivity index (χ2n) is 4.22. The van der Waals surface area contributed by atoms with E-state index in [0.717, 1.165) is 40.2 Å². The first kappa shape index (κ1) is 13.7. The van der Waals surface area contributed by atoms with Crippen LogP contribution in [0.3, 0.4) is 0 Å². The second kappa shape index (κ2) is 6.45. The highest BCUT2D eigenvalue weighted by Gasteiger charge is 2.18. The molecule has 0 radical (unpaired) electrons. The van der Waals surface area contributed by atoms with Crippen LogP contribution in [-0.2, 0) is 4.74 Å². The first-order valence-corrected chi connectivity index (χ1v) is 7.28. The van der Waals surface area contributed by atoms with E-state index in [1.165, 1.54) is 0 Å². The summed E-state index contributed by atoms with van der Waals surface area (Å²) in [5, 5.41) is 5.09. The Kier molecular flexibility index (Phi) is 4.92. The van der Waals surface area contributed by atoms with E-state index in [4.69, 9.17) is 16.3 Å². The SMILES string of the molecule is COCCC1CSC(Nc2cccc(Cl)c2C)=N1. The lowest BCUT2D eigenvalue weighted by Gasteiger charge is -2.09. The first-order chi connectivity index (χ1) is 8.70. The highest BCUT2D eigenvalue weighted by Crippen LogP contribution is 2.26. The van der Waals surface area contributed by atoms with E-state index in [-0.39, 0.29) is 0 Å². The zero-order valence-electron chi connectivity index (χ0n) is 10.6. The number of halogens is 1. The van der Waals surface area contributed by atoms with Crippen LogP contribution in [0.1, 0.15) is 12.0 Å². The van der Waals surface area contributed by atoms with Crippen LogP contribution in [0.5, 0.6) is 0 Å². The molecule has 0 fully saturated rings. The van der Waals surface area contributed by atoms with Gasteiger partial charge in [-0.1, -0.05) is 29.4 Å². The number of methoxy groups -OCH3 is 1. The summed E-state index contributed by atoms with van der Waals surface area (Å²) < 4.78 is 5.08. The lowest BCUT2D eigenvalue weighted by Crippen LogP contribution is -2.08. The Balaban J connectivity index is 2.00. The Morgan fingerprint density at radius 2 is 2.39 bits per heavy atom. The zero-order valence-corrected chi connectivity index (χ0v) is 12.1. The number of hydrogen-bond donors (Lipinski definition) is 1. The van der Waals surface area contributed by atoms with Crippen LogP contribution < -0.4 is 5.32 Å². The Labute approximate surface area is 117 Å². The Morgan fingerprint density at radius 1 is 1.56 bits per heavy atom. The van der Waals surface area contributed by atoms with Crippen LogP contribution in [0, 0.1) is 6.92 Å². The molecule has 0 aromatic heterocycles. The topological polar surface area (TPSA) is 33.6 Å². The third-order valence-electron chi connectivity index (χ3n) is 2.88. The van der Waals surface area contributed by atoms with Gasteiger partial charge in [0.05, 0.1) is 6.04 Å². The first-order valence-electron chi connectivity index (χ1n) is 5.92. The minimum atomic E-state index is 0.358. The normalized spacial score (nSPS) is 18.8. The molecule has 3 nitrogen and oxygen atoms in total. The average molecular weight is 285 g/mol. The molecule has 98 valence electrons. The van der Waals surface area contributed by atoms with Gasteiger partial charge in [-0.15, -0.1) is 0 Å². The van der Waals surface area contributed by atoms with Crippen molar-refractivity contribution in [1.82, 2.24) is 0 Å². The molecule has 1 aromatic rings. The number of hydrogen-bond acceptors (Lipinski definition) is 4. The van der Waals surface area contributed by atoms with Gasteiger partial charge in [-0.2, -0.15) is 0 Å². The van der Waals surface area contributed by atoms with Crippen molar-refractivity contribution < 1.29 is 4.74 Å². The van der Waals surface area contributed by atoms with Gasteiger partial charge >= 0.3 is 0 Å². The number of nitrogens with one attached hydrogen (secondary N) is 1. The summed E-state index contributed by atoms with van der Waals surface area (Å²) in [4.78, 5) is 4.64. The maximum atomic E-state index is 6.09. The van der Waals surface area contributed by atoms with Gasteiger partial charge in [0.1, 0.15) is 0 Å². The Bertz CT molecular complexity index is 451. The fourth-order valence-corrected chi connectivity index (χ4v) is 2.92. The van der Waals surface area contributed by atoms with Gasteiger partial charge < -0.3 is 10.1 Å². The van der Waals surface area contributed by atoms with E-state index >= 15 is 0 Å². The average Bonchev–Trinajstić information content (AvgIpc) is 2.80. The molecule has 0 amide bonds. The highest BCUT2D eigenvalue weighted by atomic mass is 35.5. The highest BCUT2D eigenvalue weighted by molar-refractivity contribution is 8.14. The van der Waals surface area contributed by atoms with Crippen molar-refractivity contribution in [2.24, 2.45) is 4.99 Å². The predicted octanol–water partition coefficient (Wildman–Crippen LogP) is 3.57. The molecule has 0 aliphatic carbocycles. The fraction of sp³-hybridized carbons (Fsp3) is 0.462. The number of thioether (sulfide) groups is 1. The van der Waals surface area contributed by atoms with E-state index in [0.29, 0.717) is 6.04 Å². The molecule has 0 saturated carbocycles. The van der Waals surface area contributed by atoms with Crippen LogP contribution in [0.2, 0.25) is 5.02 Å². The maximum Gasteiger partial charge on any atom is 0.161 e. The number of benzene rings is 1. The molecule has 5 heteroatoms. The summed E-state index contributed by atoms with van der Waals surface area (Å²) in [7, 11) is 1.72. The predicted molar refractivity (Wildman–Crippen MR) is 80.0 cm³/mol. The molecular weight excluding hydrogens is 268 g/mol. The van der Waals surface area contributed by atoms with Gasteiger partial charge in [-0.3, -0.25) is 4.99 Å².